The number of rotatable bonds is 11. The molecule has 1 aromatic rings. The number of benzene rings is 1. The van der Waals surface area contributed by atoms with Gasteiger partial charge in [-0.25, -0.2) is 0 Å². The number of halogens is 1. The van der Waals surface area contributed by atoms with Crippen molar-refractivity contribution in [3.05, 3.63) is 30.3 Å². The second-order valence-electron chi connectivity index (χ2n) is 5.95. The lowest BCUT2D eigenvalue weighted by molar-refractivity contribution is 0.623. The Hall–Kier alpha value is -0.0831. The van der Waals surface area contributed by atoms with E-state index in [0.29, 0.717) is 0 Å². The maximum atomic E-state index is 4.22. The van der Waals surface area contributed by atoms with Crippen LogP contribution in [0.25, 0.3) is 0 Å². The Morgan fingerprint density at radius 3 is 1.95 bits per heavy atom. The highest BCUT2D eigenvalue weighted by Gasteiger charge is 2.30. The van der Waals surface area contributed by atoms with E-state index in [1.165, 1.54) is 63.5 Å². The topological polar surface area (TPSA) is 0 Å². The van der Waals surface area contributed by atoms with Crippen molar-refractivity contribution in [1.82, 2.24) is 0 Å². The molecule has 0 spiro atoms. The van der Waals surface area contributed by atoms with Crippen LogP contribution in [0.15, 0.2) is 30.3 Å². The molecule has 20 heavy (non-hydrogen) atoms. The van der Waals surface area contributed by atoms with Crippen LogP contribution in [0.4, 0.5) is 0 Å². The summed E-state index contributed by atoms with van der Waals surface area (Å²) in [6, 6.07) is 14.0. The molecule has 0 radical (unpaired) electrons. The Bertz CT molecular complexity index is 339. The highest BCUT2D eigenvalue weighted by atomic mass is 79.9. The normalized spacial score (nSPS) is 14.2. The van der Waals surface area contributed by atoms with Crippen LogP contribution in [0.1, 0.15) is 65.2 Å². The van der Waals surface area contributed by atoms with Crippen LogP contribution in [-0.4, -0.2) is 6.69 Å². The van der Waals surface area contributed by atoms with Gasteiger partial charge in [-0.1, -0.05) is 95.5 Å². The van der Waals surface area contributed by atoms with Gasteiger partial charge in [-0.15, -0.1) is 15.3 Å². The van der Waals surface area contributed by atoms with Crippen molar-refractivity contribution in [2.24, 2.45) is 0 Å². The van der Waals surface area contributed by atoms with Crippen LogP contribution < -0.4 is 5.19 Å². The van der Waals surface area contributed by atoms with Crippen molar-refractivity contribution >= 4 is 27.2 Å². The average Bonchev–Trinajstić information content (AvgIpc) is 2.49. The van der Waals surface area contributed by atoms with E-state index in [1.54, 1.807) is 5.19 Å². The number of hydrogen-bond acceptors (Lipinski definition) is 0. The van der Waals surface area contributed by atoms with E-state index in [4.69, 9.17) is 0 Å². The Labute approximate surface area is 135 Å². The summed E-state index contributed by atoms with van der Waals surface area (Å²) < 4.78 is 0. The molecule has 1 aromatic carbocycles. The Morgan fingerprint density at radius 1 is 0.750 bits per heavy atom. The third-order valence-corrected chi connectivity index (χ3v) is 11.6. The first-order valence-electron chi connectivity index (χ1n) is 8.47. The summed E-state index contributed by atoms with van der Waals surface area (Å²) in [4.78, 5) is 0. The molecule has 0 aliphatic rings. The van der Waals surface area contributed by atoms with Gasteiger partial charge in [0.15, 0.2) is 6.69 Å². The molecule has 1 rings (SSSR count). The van der Waals surface area contributed by atoms with Crippen LogP contribution in [0, 0.1) is 0 Å². The Kier molecular flexibility index (Phi) is 9.54. The largest absolute Gasteiger partial charge is 0.160 e. The minimum Gasteiger partial charge on any atom is -0.120 e. The van der Waals surface area contributed by atoms with Crippen LogP contribution in [0.3, 0.4) is 0 Å². The fraction of sp³-hybridized carbons (Fsp3) is 0.667. The third-order valence-electron chi connectivity index (χ3n) is 4.14. The minimum atomic E-state index is -1.40. The van der Waals surface area contributed by atoms with Gasteiger partial charge in [0, 0.05) is 0 Å². The van der Waals surface area contributed by atoms with E-state index < -0.39 is 6.69 Å². The molecule has 0 fully saturated rings. The maximum Gasteiger partial charge on any atom is 0.160 e. The second-order valence-corrected chi connectivity index (χ2v) is 14.0. The molecule has 0 aromatic heterocycles. The zero-order valence-electron chi connectivity index (χ0n) is 13.3. The molecule has 0 saturated carbocycles. The SMILES string of the molecule is CCCCCCCC[Si](Br)(CCCC)c1ccccc1. The molecule has 0 aliphatic heterocycles. The van der Waals surface area contributed by atoms with Crippen LogP contribution in [-0.2, 0) is 0 Å². The molecule has 0 bridgehead atoms. The van der Waals surface area contributed by atoms with Crippen molar-refractivity contribution in [2.75, 3.05) is 0 Å². The van der Waals surface area contributed by atoms with Crippen molar-refractivity contribution < 1.29 is 0 Å². The molecule has 1 atom stereocenters. The molecule has 0 amide bonds. The third kappa shape index (κ3) is 6.58. The molecule has 0 nitrogen and oxygen atoms in total. The number of hydrogen-bond donors (Lipinski definition) is 0. The monoisotopic (exact) mass is 354 g/mol. The van der Waals surface area contributed by atoms with E-state index in [2.05, 4.69) is 59.5 Å². The van der Waals surface area contributed by atoms with E-state index >= 15 is 0 Å². The fourth-order valence-electron chi connectivity index (χ4n) is 2.79. The molecular formula is C18H31BrSi. The fourth-order valence-corrected chi connectivity index (χ4v) is 8.61. The van der Waals surface area contributed by atoms with Gasteiger partial charge in [0.1, 0.15) is 0 Å². The molecule has 0 saturated heterocycles. The minimum absolute atomic E-state index is 1.31. The smallest absolute Gasteiger partial charge is 0.120 e. The summed E-state index contributed by atoms with van der Waals surface area (Å²) in [7, 11) is 0. The summed E-state index contributed by atoms with van der Waals surface area (Å²) >= 11 is 4.22. The van der Waals surface area contributed by atoms with Gasteiger partial charge >= 0.3 is 0 Å². The zero-order valence-corrected chi connectivity index (χ0v) is 15.9. The predicted octanol–water partition coefficient (Wildman–Crippen LogP) is 6.39. The zero-order chi connectivity index (χ0) is 14.7. The van der Waals surface area contributed by atoms with Gasteiger partial charge in [-0.2, -0.15) is 0 Å². The first-order chi connectivity index (χ1) is 9.73. The van der Waals surface area contributed by atoms with E-state index in [0.717, 1.165) is 0 Å². The van der Waals surface area contributed by atoms with Gasteiger partial charge in [-0.05, 0) is 17.3 Å². The maximum absolute atomic E-state index is 4.22. The molecular weight excluding hydrogens is 324 g/mol. The summed E-state index contributed by atoms with van der Waals surface area (Å²) in [6.45, 7) is 3.19. The quantitative estimate of drug-likeness (QED) is 0.245. The molecule has 0 aliphatic carbocycles. The van der Waals surface area contributed by atoms with Gasteiger partial charge < -0.3 is 0 Å². The molecule has 0 heterocycles. The van der Waals surface area contributed by atoms with Gasteiger partial charge in [0.25, 0.3) is 0 Å². The lowest BCUT2D eigenvalue weighted by Gasteiger charge is -2.25. The highest BCUT2D eigenvalue weighted by Crippen LogP contribution is 2.28. The first kappa shape index (κ1) is 18.0. The van der Waals surface area contributed by atoms with Crippen molar-refractivity contribution in [3.8, 4) is 0 Å². The molecule has 114 valence electrons. The van der Waals surface area contributed by atoms with Gasteiger partial charge in [0.2, 0.25) is 0 Å². The summed E-state index contributed by atoms with van der Waals surface area (Å²) in [6.07, 6.45) is 11.1. The second kappa shape index (κ2) is 10.6. The summed E-state index contributed by atoms with van der Waals surface area (Å²) in [5.41, 5.74) is 0. The van der Waals surface area contributed by atoms with Crippen LogP contribution in [0.2, 0.25) is 12.1 Å². The summed E-state index contributed by atoms with van der Waals surface area (Å²) in [5, 5.41) is 1.60. The van der Waals surface area contributed by atoms with Gasteiger partial charge in [-0.3, -0.25) is 0 Å². The lowest BCUT2D eigenvalue weighted by Crippen LogP contribution is -2.41. The molecule has 2 heteroatoms. The lowest BCUT2D eigenvalue weighted by atomic mass is 10.1. The predicted molar refractivity (Wildman–Crippen MR) is 98.7 cm³/mol. The van der Waals surface area contributed by atoms with E-state index in [1.807, 2.05) is 0 Å². The number of unbranched alkanes of at least 4 members (excludes halogenated alkanes) is 6. The first-order valence-corrected chi connectivity index (χ1v) is 13.1. The van der Waals surface area contributed by atoms with E-state index in [-0.39, 0.29) is 0 Å². The van der Waals surface area contributed by atoms with Crippen molar-refractivity contribution in [1.29, 1.82) is 0 Å². The van der Waals surface area contributed by atoms with Gasteiger partial charge in [0.05, 0.1) is 0 Å². The van der Waals surface area contributed by atoms with E-state index in [9.17, 15) is 0 Å². The highest BCUT2D eigenvalue weighted by molar-refractivity contribution is 9.26. The molecule has 0 N–H and O–H groups in total. The Balaban J connectivity index is 2.47. The average molecular weight is 355 g/mol. The standard InChI is InChI=1S/C18H31BrSi/c1-3-5-7-8-9-13-17-20(19,16-6-4-2)18-14-11-10-12-15-18/h10-12,14-15H,3-9,13,16-17H2,1-2H3. The Morgan fingerprint density at radius 2 is 1.30 bits per heavy atom. The van der Waals surface area contributed by atoms with Crippen LogP contribution >= 0.6 is 15.3 Å². The summed E-state index contributed by atoms with van der Waals surface area (Å²) in [5.74, 6) is 0. The van der Waals surface area contributed by atoms with Crippen molar-refractivity contribution in [2.45, 2.75) is 77.3 Å². The molecule has 1 unspecified atom stereocenters. The van der Waals surface area contributed by atoms with Crippen molar-refractivity contribution in [3.63, 3.8) is 0 Å². The van der Waals surface area contributed by atoms with Crippen LogP contribution in [0.5, 0.6) is 0 Å².